The molecule has 0 radical (unpaired) electrons. The molecular weight excluding hydrogens is 240 g/mol. The first-order valence-electron chi connectivity index (χ1n) is 5.72. The second-order valence-electron chi connectivity index (χ2n) is 5.23. The predicted molar refractivity (Wildman–Crippen MR) is 63.3 cm³/mol. The molecule has 0 aliphatic carbocycles. The molecule has 0 heterocycles. The van der Waals surface area contributed by atoms with Gasteiger partial charge in [0.15, 0.2) is 0 Å². The quantitative estimate of drug-likeness (QED) is 0.613. The Morgan fingerprint density at radius 2 is 1.11 bits per heavy atom. The second kappa shape index (κ2) is 5.84. The maximum atomic E-state index is 11.0. The molecule has 0 fully saturated rings. The molecule has 0 unspecified atom stereocenters. The molecule has 0 aromatic heterocycles. The summed E-state index contributed by atoms with van der Waals surface area (Å²) in [7, 11) is 0. The number of hydrogen-bond donors (Lipinski definition) is 3. The molecule has 104 valence electrons. The van der Waals surface area contributed by atoms with Gasteiger partial charge in [-0.15, -0.1) is 0 Å². The van der Waals surface area contributed by atoms with Crippen molar-refractivity contribution in [1.29, 1.82) is 0 Å². The Morgan fingerprint density at radius 1 is 0.833 bits per heavy atom. The van der Waals surface area contributed by atoms with Crippen molar-refractivity contribution in [3.8, 4) is 0 Å². The van der Waals surface area contributed by atoms with Crippen LogP contribution in [0.4, 0.5) is 0 Å². The number of hydrogen-bond acceptors (Lipinski definition) is 3. The first kappa shape index (κ1) is 16.4. The van der Waals surface area contributed by atoms with E-state index >= 15 is 0 Å². The lowest BCUT2D eigenvalue weighted by Gasteiger charge is -2.44. The van der Waals surface area contributed by atoms with Crippen molar-refractivity contribution in [3.05, 3.63) is 0 Å². The van der Waals surface area contributed by atoms with Crippen LogP contribution < -0.4 is 0 Å². The van der Waals surface area contributed by atoms with Crippen LogP contribution in [0.5, 0.6) is 0 Å². The fraction of sp³-hybridized carbons (Fsp3) is 0.750. The van der Waals surface area contributed by atoms with Gasteiger partial charge >= 0.3 is 17.9 Å². The fourth-order valence-corrected chi connectivity index (χ4v) is 2.15. The summed E-state index contributed by atoms with van der Waals surface area (Å²) in [5, 5.41) is 26.8. The Labute approximate surface area is 106 Å². The smallest absolute Gasteiger partial charge is 0.303 e. The van der Waals surface area contributed by atoms with Gasteiger partial charge in [0.2, 0.25) is 0 Å². The minimum Gasteiger partial charge on any atom is -0.481 e. The average molecular weight is 260 g/mol. The Bertz CT molecular complexity index is 304. The number of aliphatic carboxylic acids is 3. The van der Waals surface area contributed by atoms with Crippen molar-refractivity contribution in [2.45, 2.75) is 46.5 Å². The van der Waals surface area contributed by atoms with Gasteiger partial charge in [0, 0.05) is 5.41 Å². The first-order chi connectivity index (χ1) is 8.06. The number of carboxylic acid groups (broad SMARTS) is 3. The zero-order valence-electron chi connectivity index (χ0n) is 10.9. The second-order valence-corrected chi connectivity index (χ2v) is 5.23. The van der Waals surface area contributed by atoms with E-state index in [0.717, 1.165) is 0 Å². The molecule has 0 aromatic rings. The molecule has 0 aliphatic heterocycles. The van der Waals surface area contributed by atoms with Gasteiger partial charge in [0.1, 0.15) is 0 Å². The van der Waals surface area contributed by atoms with Gasteiger partial charge in [0.05, 0.1) is 19.3 Å². The molecule has 6 nitrogen and oxygen atoms in total. The van der Waals surface area contributed by atoms with E-state index in [9.17, 15) is 14.4 Å². The molecule has 0 rings (SSSR count). The van der Waals surface area contributed by atoms with Gasteiger partial charge < -0.3 is 15.3 Å². The van der Waals surface area contributed by atoms with E-state index in [1.807, 2.05) is 0 Å². The van der Waals surface area contributed by atoms with Gasteiger partial charge in [-0.05, 0) is 5.41 Å². The van der Waals surface area contributed by atoms with Gasteiger partial charge in [-0.3, -0.25) is 14.4 Å². The van der Waals surface area contributed by atoms with E-state index in [1.54, 1.807) is 20.8 Å². The summed E-state index contributed by atoms with van der Waals surface area (Å²) in [6.07, 6.45) is -0.897. The number of carboxylic acids is 3. The summed E-state index contributed by atoms with van der Waals surface area (Å²) < 4.78 is 0. The maximum Gasteiger partial charge on any atom is 0.303 e. The van der Waals surface area contributed by atoms with Gasteiger partial charge in [-0.2, -0.15) is 0 Å². The number of rotatable bonds is 8. The third kappa shape index (κ3) is 4.01. The number of carbonyl (C=O) groups is 3. The third-order valence-corrected chi connectivity index (χ3v) is 3.79. The van der Waals surface area contributed by atoms with E-state index in [-0.39, 0.29) is 0 Å². The molecule has 0 aromatic carbocycles. The highest BCUT2D eigenvalue weighted by Crippen LogP contribution is 2.49. The van der Waals surface area contributed by atoms with Crippen molar-refractivity contribution in [1.82, 2.24) is 0 Å². The zero-order valence-corrected chi connectivity index (χ0v) is 10.9. The van der Waals surface area contributed by atoms with Crippen LogP contribution >= 0.6 is 0 Å². The lowest BCUT2D eigenvalue weighted by molar-refractivity contribution is -0.154. The van der Waals surface area contributed by atoms with E-state index in [4.69, 9.17) is 15.3 Å². The molecule has 0 spiro atoms. The first-order valence-corrected chi connectivity index (χ1v) is 5.72. The zero-order chi connectivity index (χ0) is 14.6. The van der Waals surface area contributed by atoms with E-state index in [2.05, 4.69) is 0 Å². The average Bonchev–Trinajstić information content (AvgIpc) is 2.13. The molecule has 3 N–H and O–H groups in total. The summed E-state index contributed by atoms with van der Waals surface area (Å²) in [6.45, 7) is 5.21. The topological polar surface area (TPSA) is 112 Å². The SMILES string of the molecule is CCC(C)(C)C(CC(=O)O)(CC(=O)O)CC(=O)O. The Kier molecular flexibility index (Phi) is 5.32. The highest BCUT2D eigenvalue weighted by molar-refractivity contribution is 5.76. The molecule has 18 heavy (non-hydrogen) atoms. The highest BCUT2D eigenvalue weighted by Gasteiger charge is 2.48. The minimum atomic E-state index is -1.29. The standard InChI is InChI=1S/C12H20O6/c1-4-11(2,3)12(5-8(13)14,6-9(15)16)7-10(17)18/h4-7H2,1-3H3,(H,13,14)(H,15,16)(H,17,18). The summed E-state index contributed by atoms with van der Waals surface area (Å²) in [5.41, 5.74) is -1.98. The van der Waals surface area contributed by atoms with Crippen LogP contribution in [0, 0.1) is 10.8 Å². The molecule has 0 amide bonds. The lowest BCUT2D eigenvalue weighted by atomic mass is 9.59. The Balaban J connectivity index is 5.58. The minimum absolute atomic E-state index is 0.466. The Morgan fingerprint density at radius 3 is 1.28 bits per heavy atom. The van der Waals surface area contributed by atoms with Gasteiger partial charge in [-0.1, -0.05) is 27.2 Å². The van der Waals surface area contributed by atoms with Crippen LogP contribution in [-0.2, 0) is 14.4 Å². The van der Waals surface area contributed by atoms with Crippen LogP contribution in [0.25, 0.3) is 0 Å². The molecule has 0 atom stereocenters. The van der Waals surface area contributed by atoms with Crippen molar-refractivity contribution in [3.63, 3.8) is 0 Å². The normalized spacial score (nSPS) is 12.2. The Hall–Kier alpha value is -1.59. The summed E-state index contributed by atoms with van der Waals surface area (Å²) in [6, 6.07) is 0. The summed E-state index contributed by atoms with van der Waals surface area (Å²) >= 11 is 0. The van der Waals surface area contributed by atoms with Crippen molar-refractivity contribution in [2.24, 2.45) is 10.8 Å². The monoisotopic (exact) mass is 260 g/mol. The van der Waals surface area contributed by atoms with Crippen LogP contribution in [0.15, 0.2) is 0 Å². The molecule has 6 heteroatoms. The van der Waals surface area contributed by atoms with E-state index in [1.165, 1.54) is 0 Å². The third-order valence-electron chi connectivity index (χ3n) is 3.79. The molecular formula is C12H20O6. The van der Waals surface area contributed by atoms with Gasteiger partial charge in [0.25, 0.3) is 0 Å². The van der Waals surface area contributed by atoms with Crippen molar-refractivity contribution in [2.75, 3.05) is 0 Å². The van der Waals surface area contributed by atoms with E-state index in [0.29, 0.717) is 6.42 Å². The molecule has 0 saturated carbocycles. The molecule has 0 bridgehead atoms. The molecule has 0 saturated heterocycles. The van der Waals surface area contributed by atoms with Crippen LogP contribution in [0.1, 0.15) is 46.5 Å². The van der Waals surface area contributed by atoms with Gasteiger partial charge in [-0.25, -0.2) is 0 Å². The van der Waals surface area contributed by atoms with Crippen molar-refractivity contribution < 1.29 is 29.7 Å². The van der Waals surface area contributed by atoms with Crippen LogP contribution in [-0.4, -0.2) is 33.2 Å². The predicted octanol–water partition coefficient (Wildman–Crippen LogP) is 1.83. The molecule has 0 aliphatic rings. The van der Waals surface area contributed by atoms with Crippen LogP contribution in [0.2, 0.25) is 0 Å². The summed E-state index contributed by atoms with van der Waals surface area (Å²) in [5.74, 6) is -3.54. The van der Waals surface area contributed by atoms with Crippen molar-refractivity contribution >= 4 is 17.9 Å². The fourth-order valence-electron chi connectivity index (χ4n) is 2.15. The largest absolute Gasteiger partial charge is 0.481 e. The highest BCUT2D eigenvalue weighted by atomic mass is 16.4. The lowest BCUT2D eigenvalue weighted by Crippen LogP contribution is -2.43. The maximum absolute atomic E-state index is 11.0. The summed E-state index contributed by atoms with van der Waals surface area (Å²) in [4.78, 5) is 32.9. The van der Waals surface area contributed by atoms with Crippen LogP contribution in [0.3, 0.4) is 0 Å². The van der Waals surface area contributed by atoms with E-state index < -0.39 is 48.0 Å².